The maximum Gasteiger partial charge on any atom is 0.0406 e. The van der Waals surface area contributed by atoms with Crippen LogP contribution < -0.4 is 0 Å². The highest BCUT2D eigenvalue weighted by Gasteiger charge is 1.89. The van der Waals surface area contributed by atoms with Crippen LogP contribution in [0.3, 0.4) is 0 Å². The van der Waals surface area contributed by atoms with Gasteiger partial charge in [-0.25, -0.2) is 0 Å². The molecule has 1 aromatic rings. The first-order valence-corrected chi connectivity index (χ1v) is 5.48. The van der Waals surface area contributed by atoms with Crippen molar-refractivity contribution in [3.8, 4) is 0 Å². The van der Waals surface area contributed by atoms with E-state index in [4.69, 9.17) is 0 Å². The second kappa shape index (κ2) is 7.31. The Balaban J connectivity index is 2.12. The van der Waals surface area contributed by atoms with Crippen LogP contribution in [0.2, 0.25) is 0 Å². The number of aromatic nitrogens is 1. The molecule has 0 aromatic carbocycles. The van der Waals surface area contributed by atoms with Gasteiger partial charge in [0.2, 0.25) is 0 Å². The van der Waals surface area contributed by atoms with Gasteiger partial charge >= 0.3 is 0 Å². The summed E-state index contributed by atoms with van der Waals surface area (Å²) in [4.78, 5) is 4.28. The molecule has 0 unspecified atom stereocenters. The molecule has 0 aliphatic carbocycles. The predicted octanol–water partition coefficient (Wildman–Crippen LogP) is 3.76. The molecule has 0 saturated carbocycles. The minimum atomic E-state index is 1.06. The van der Waals surface area contributed by atoms with E-state index < -0.39 is 0 Å². The summed E-state index contributed by atoms with van der Waals surface area (Å²) in [6.07, 6.45) is 12.4. The van der Waals surface area contributed by atoms with Crippen molar-refractivity contribution in [2.75, 3.05) is 0 Å². The van der Waals surface area contributed by atoms with E-state index in [1.165, 1.54) is 25.0 Å². The van der Waals surface area contributed by atoms with Crippen LogP contribution in [0.5, 0.6) is 0 Å². The van der Waals surface area contributed by atoms with Crippen molar-refractivity contribution in [3.05, 3.63) is 42.2 Å². The van der Waals surface area contributed by atoms with Crippen molar-refractivity contribution < 1.29 is 0 Å². The van der Waals surface area contributed by atoms with E-state index in [1.807, 2.05) is 18.3 Å². The third-order valence-corrected chi connectivity index (χ3v) is 2.18. The van der Waals surface area contributed by atoms with Gasteiger partial charge < -0.3 is 0 Å². The minimum absolute atomic E-state index is 1.06. The zero-order valence-corrected chi connectivity index (χ0v) is 8.95. The predicted molar refractivity (Wildman–Crippen MR) is 61.2 cm³/mol. The van der Waals surface area contributed by atoms with Crippen molar-refractivity contribution in [3.63, 3.8) is 0 Å². The largest absolute Gasteiger partial charge is 0.261 e. The number of hydrogen-bond donors (Lipinski definition) is 0. The van der Waals surface area contributed by atoms with Gasteiger partial charge in [-0.05, 0) is 31.4 Å². The van der Waals surface area contributed by atoms with Gasteiger partial charge in [0.25, 0.3) is 0 Å². The van der Waals surface area contributed by atoms with Crippen LogP contribution in [-0.4, -0.2) is 4.98 Å². The summed E-state index contributed by atoms with van der Waals surface area (Å²) in [6.45, 7) is 2.22. The maximum atomic E-state index is 4.28. The molecule has 1 heterocycles. The zero-order valence-electron chi connectivity index (χ0n) is 8.95. The van der Waals surface area contributed by atoms with E-state index in [0.717, 1.165) is 12.8 Å². The number of allylic oxidation sites excluding steroid dienone is 2. The fraction of sp³-hybridized carbons (Fsp3) is 0.462. The number of unbranched alkanes of at least 4 members (excludes halogenated alkanes) is 2. The fourth-order valence-electron chi connectivity index (χ4n) is 1.33. The van der Waals surface area contributed by atoms with E-state index in [1.54, 1.807) is 0 Å². The number of nitrogens with zero attached hydrogens (tertiary/aromatic N) is 1. The molecule has 0 aliphatic rings. The summed E-state index contributed by atoms with van der Waals surface area (Å²) < 4.78 is 0. The molecule has 0 radical (unpaired) electrons. The van der Waals surface area contributed by atoms with Crippen LogP contribution in [0.15, 0.2) is 36.5 Å². The van der Waals surface area contributed by atoms with E-state index in [2.05, 4.69) is 30.1 Å². The summed E-state index contributed by atoms with van der Waals surface area (Å²) in [5.74, 6) is 0. The first-order valence-electron chi connectivity index (χ1n) is 5.48. The summed E-state index contributed by atoms with van der Waals surface area (Å²) in [7, 11) is 0. The topological polar surface area (TPSA) is 12.9 Å². The fourth-order valence-corrected chi connectivity index (χ4v) is 1.33. The van der Waals surface area contributed by atoms with Crippen LogP contribution in [0.4, 0.5) is 0 Å². The van der Waals surface area contributed by atoms with Crippen LogP contribution in [0, 0.1) is 0 Å². The molecule has 0 saturated heterocycles. The van der Waals surface area contributed by atoms with Crippen molar-refractivity contribution in [1.29, 1.82) is 0 Å². The Morgan fingerprint density at radius 1 is 1.21 bits per heavy atom. The average Bonchev–Trinajstić information content (AvgIpc) is 2.25. The molecule has 14 heavy (non-hydrogen) atoms. The van der Waals surface area contributed by atoms with E-state index in [0.29, 0.717) is 0 Å². The number of rotatable bonds is 6. The lowest BCUT2D eigenvalue weighted by Crippen LogP contribution is -1.86. The monoisotopic (exact) mass is 189 g/mol. The molecule has 0 bridgehead atoms. The maximum absolute atomic E-state index is 4.28. The molecule has 76 valence electrons. The summed E-state index contributed by atoms with van der Waals surface area (Å²) in [6, 6.07) is 6.09. The average molecular weight is 189 g/mol. The van der Waals surface area contributed by atoms with E-state index >= 15 is 0 Å². The third kappa shape index (κ3) is 4.80. The molecule has 0 spiro atoms. The molecular weight excluding hydrogens is 170 g/mol. The SMILES string of the molecule is CCCCC=CCCc1ccccn1. The molecule has 0 fully saturated rings. The second-order valence-electron chi connectivity index (χ2n) is 3.47. The van der Waals surface area contributed by atoms with Crippen molar-refractivity contribution in [2.24, 2.45) is 0 Å². The Morgan fingerprint density at radius 3 is 2.79 bits per heavy atom. The quantitative estimate of drug-likeness (QED) is 0.490. The molecule has 1 nitrogen and oxygen atoms in total. The van der Waals surface area contributed by atoms with Crippen molar-refractivity contribution in [2.45, 2.75) is 39.0 Å². The van der Waals surface area contributed by atoms with E-state index in [-0.39, 0.29) is 0 Å². The lowest BCUT2D eigenvalue weighted by molar-refractivity contribution is 0.810. The smallest absolute Gasteiger partial charge is 0.0406 e. The van der Waals surface area contributed by atoms with E-state index in [9.17, 15) is 0 Å². The Labute approximate surface area is 86.9 Å². The highest BCUT2D eigenvalue weighted by atomic mass is 14.7. The molecule has 0 amide bonds. The molecule has 1 heteroatoms. The summed E-state index contributed by atoms with van der Waals surface area (Å²) in [5.41, 5.74) is 1.19. The molecule has 0 atom stereocenters. The van der Waals surface area contributed by atoms with Gasteiger partial charge in [-0.3, -0.25) is 4.98 Å². The molecule has 0 N–H and O–H groups in total. The third-order valence-electron chi connectivity index (χ3n) is 2.18. The van der Waals surface area contributed by atoms with Gasteiger partial charge in [-0.15, -0.1) is 0 Å². The van der Waals surface area contributed by atoms with Crippen LogP contribution in [0.1, 0.15) is 38.3 Å². The Hall–Kier alpha value is -1.11. The van der Waals surface area contributed by atoms with Gasteiger partial charge in [0.15, 0.2) is 0 Å². The van der Waals surface area contributed by atoms with Gasteiger partial charge in [0.1, 0.15) is 0 Å². The molecule has 1 rings (SSSR count). The van der Waals surface area contributed by atoms with Gasteiger partial charge in [-0.1, -0.05) is 38.0 Å². The normalized spacial score (nSPS) is 10.9. The van der Waals surface area contributed by atoms with Crippen LogP contribution >= 0.6 is 0 Å². The Bertz CT molecular complexity index is 251. The van der Waals surface area contributed by atoms with Gasteiger partial charge in [0.05, 0.1) is 0 Å². The second-order valence-corrected chi connectivity index (χ2v) is 3.47. The minimum Gasteiger partial charge on any atom is -0.261 e. The lowest BCUT2D eigenvalue weighted by atomic mass is 10.2. The zero-order chi connectivity index (χ0) is 10.1. The van der Waals surface area contributed by atoms with Gasteiger partial charge in [-0.2, -0.15) is 0 Å². The molecule has 0 aliphatic heterocycles. The first-order chi connectivity index (χ1) is 6.93. The lowest BCUT2D eigenvalue weighted by Gasteiger charge is -1.95. The first kappa shape index (κ1) is 11.0. The van der Waals surface area contributed by atoms with Crippen LogP contribution in [0.25, 0.3) is 0 Å². The molecule has 1 aromatic heterocycles. The number of pyridine rings is 1. The highest BCUT2D eigenvalue weighted by molar-refractivity contribution is 5.04. The van der Waals surface area contributed by atoms with Gasteiger partial charge in [0, 0.05) is 11.9 Å². The summed E-state index contributed by atoms with van der Waals surface area (Å²) in [5, 5.41) is 0. The Kier molecular flexibility index (Phi) is 5.73. The Morgan fingerprint density at radius 2 is 2.07 bits per heavy atom. The van der Waals surface area contributed by atoms with Crippen molar-refractivity contribution in [1.82, 2.24) is 4.98 Å². The number of aryl methyl sites for hydroxylation is 1. The van der Waals surface area contributed by atoms with Crippen LogP contribution in [-0.2, 0) is 6.42 Å². The highest BCUT2D eigenvalue weighted by Crippen LogP contribution is 2.01. The summed E-state index contributed by atoms with van der Waals surface area (Å²) >= 11 is 0. The molecular formula is C13H19N. The van der Waals surface area contributed by atoms with Crippen molar-refractivity contribution >= 4 is 0 Å². The number of hydrogen-bond acceptors (Lipinski definition) is 1. The standard InChI is InChI=1S/C13H19N/c1-2-3-4-5-6-7-10-13-11-8-9-12-14-13/h5-6,8-9,11-12H,2-4,7,10H2,1H3.